The zero-order valence-electron chi connectivity index (χ0n) is 18.4. The van der Waals surface area contributed by atoms with Gasteiger partial charge in [-0.2, -0.15) is 0 Å². The van der Waals surface area contributed by atoms with E-state index in [1.807, 2.05) is 36.4 Å². The molecule has 1 saturated heterocycles. The fourth-order valence-corrected chi connectivity index (χ4v) is 4.74. The zero-order valence-corrected chi connectivity index (χ0v) is 19.2. The molecule has 4 rings (SSSR count). The highest BCUT2D eigenvalue weighted by Crippen LogP contribution is 2.39. The monoisotopic (exact) mass is 467 g/mol. The van der Waals surface area contributed by atoms with E-state index in [4.69, 9.17) is 4.74 Å². The van der Waals surface area contributed by atoms with E-state index in [2.05, 4.69) is 15.5 Å². The normalized spacial score (nSPS) is 13.6. The second-order valence-corrected chi connectivity index (χ2v) is 8.80. The molecule has 2 amide bonds. The van der Waals surface area contributed by atoms with Gasteiger partial charge in [-0.3, -0.25) is 9.59 Å². The molecule has 8 heteroatoms. The summed E-state index contributed by atoms with van der Waals surface area (Å²) in [5.74, 6) is -0.980. The van der Waals surface area contributed by atoms with E-state index in [0.29, 0.717) is 23.7 Å². The molecule has 1 aliphatic rings. The minimum absolute atomic E-state index is 0.188. The molecule has 6 nitrogen and oxygen atoms in total. The van der Waals surface area contributed by atoms with Crippen molar-refractivity contribution in [3.8, 4) is 11.1 Å². The first-order valence-electron chi connectivity index (χ1n) is 10.9. The molecule has 0 spiro atoms. The third-order valence-electron chi connectivity index (χ3n) is 5.45. The van der Waals surface area contributed by atoms with Crippen molar-refractivity contribution in [3.05, 3.63) is 76.4 Å². The van der Waals surface area contributed by atoms with Crippen molar-refractivity contribution >= 4 is 28.2 Å². The second-order valence-electron chi connectivity index (χ2n) is 7.77. The molecular weight excluding hydrogens is 441 g/mol. The summed E-state index contributed by atoms with van der Waals surface area (Å²) >= 11 is 1.46. The molecule has 0 atom stereocenters. The predicted octanol–water partition coefficient (Wildman–Crippen LogP) is 3.86. The number of nitrogens with one attached hydrogen (secondary N) is 2. The number of carbonyl (C=O) groups is 2. The van der Waals surface area contributed by atoms with Crippen LogP contribution in [0.1, 0.15) is 25.6 Å². The fraction of sp³-hybridized carbons (Fsp3) is 0.280. The van der Waals surface area contributed by atoms with Gasteiger partial charge in [0.25, 0.3) is 11.8 Å². The van der Waals surface area contributed by atoms with E-state index >= 15 is 0 Å². The summed E-state index contributed by atoms with van der Waals surface area (Å²) in [5, 5.41) is 6.63. The number of halogens is 1. The molecule has 2 aromatic carbocycles. The minimum Gasteiger partial charge on any atom is -0.378 e. The molecule has 1 aliphatic heterocycles. The van der Waals surface area contributed by atoms with Crippen LogP contribution < -0.4 is 15.5 Å². The average Bonchev–Trinajstić information content (AvgIpc) is 3.30. The van der Waals surface area contributed by atoms with Crippen molar-refractivity contribution in [2.75, 3.05) is 44.3 Å². The molecule has 3 aromatic rings. The van der Waals surface area contributed by atoms with Crippen molar-refractivity contribution < 1.29 is 18.7 Å². The van der Waals surface area contributed by atoms with Crippen LogP contribution in [-0.4, -0.2) is 51.2 Å². The van der Waals surface area contributed by atoms with E-state index in [1.54, 1.807) is 19.1 Å². The van der Waals surface area contributed by atoms with Gasteiger partial charge in [-0.25, -0.2) is 4.39 Å². The van der Waals surface area contributed by atoms with Gasteiger partial charge in [0.1, 0.15) is 5.82 Å². The van der Waals surface area contributed by atoms with Gasteiger partial charge >= 0.3 is 0 Å². The van der Waals surface area contributed by atoms with Crippen LogP contribution in [0.2, 0.25) is 0 Å². The smallest absolute Gasteiger partial charge is 0.261 e. The highest BCUT2D eigenvalue weighted by molar-refractivity contribution is 7.18. The van der Waals surface area contributed by atoms with Gasteiger partial charge in [0.2, 0.25) is 0 Å². The third-order valence-corrected chi connectivity index (χ3v) is 6.64. The molecule has 0 unspecified atom stereocenters. The van der Waals surface area contributed by atoms with Crippen LogP contribution in [-0.2, 0) is 4.74 Å². The van der Waals surface area contributed by atoms with Gasteiger partial charge in [-0.15, -0.1) is 11.3 Å². The Hall–Kier alpha value is -3.23. The summed E-state index contributed by atoms with van der Waals surface area (Å²) in [4.78, 5) is 27.9. The number of amides is 2. The maximum atomic E-state index is 13.7. The molecule has 33 heavy (non-hydrogen) atoms. The van der Waals surface area contributed by atoms with E-state index in [9.17, 15) is 14.0 Å². The van der Waals surface area contributed by atoms with Gasteiger partial charge in [0, 0.05) is 37.3 Å². The Labute approximate surface area is 196 Å². The Bertz CT molecular complexity index is 1130. The van der Waals surface area contributed by atoms with Crippen LogP contribution >= 0.6 is 11.3 Å². The van der Waals surface area contributed by atoms with Crippen molar-refractivity contribution in [3.63, 3.8) is 0 Å². The maximum Gasteiger partial charge on any atom is 0.261 e. The lowest BCUT2D eigenvalue weighted by atomic mass is 10.1. The Morgan fingerprint density at radius 1 is 1.00 bits per heavy atom. The van der Waals surface area contributed by atoms with Gasteiger partial charge in [-0.05, 0) is 36.2 Å². The van der Waals surface area contributed by atoms with E-state index in [-0.39, 0.29) is 30.5 Å². The highest BCUT2D eigenvalue weighted by atomic mass is 32.1. The molecule has 2 N–H and O–H groups in total. The Morgan fingerprint density at radius 3 is 2.39 bits per heavy atom. The van der Waals surface area contributed by atoms with Crippen LogP contribution in [0.5, 0.6) is 0 Å². The lowest BCUT2D eigenvalue weighted by molar-refractivity contribution is 0.0929. The van der Waals surface area contributed by atoms with Crippen molar-refractivity contribution in [1.29, 1.82) is 0 Å². The standard InChI is InChI=1S/C25H26FN3O3S/c1-17-7-8-19(15-21(17)26)23(30)27-9-10-28-24(31)22-16-20(18-5-3-2-4-6-18)25(33-22)29-11-13-32-14-12-29/h2-8,15-16H,9-14H2,1H3,(H,27,30)(H,28,31). The second kappa shape index (κ2) is 10.6. The minimum atomic E-state index is -0.418. The van der Waals surface area contributed by atoms with Crippen LogP contribution in [0.15, 0.2) is 54.6 Å². The molecular formula is C25H26FN3O3S. The molecule has 0 radical (unpaired) electrons. The zero-order chi connectivity index (χ0) is 23.2. The largest absolute Gasteiger partial charge is 0.378 e. The number of thiophene rings is 1. The molecule has 1 aromatic heterocycles. The number of hydrogen-bond acceptors (Lipinski definition) is 5. The van der Waals surface area contributed by atoms with Crippen LogP contribution in [0, 0.1) is 12.7 Å². The van der Waals surface area contributed by atoms with Gasteiger partial charge in [-0.1, -0.05) is 36.4 Å². The van der Waals surface area contributed by atoms with Crippen LogP contribution in [0.4, 0.5) is 9.39 Å². The van der Waals surface area contributed by atoms with E-state index in [0.717, 1.165) is 29.2 Å². The molecule has 0 saturated carbocycles. The molecule has 0 bridgehead atoms. The number of morpholine rings is 1. The Kier molecular flexibility index (Phi) is 7.36. The summed E-state index contributed by atoms with van der Waals surface area (Å²) in [6, 6.07) is 16.3. The number of hydrogen-bond donors (Lipinski definition) is 2. The SMILES string of the molecule is Cc1ccc(C(=O)NCCNC(=O)c2cc(-c3ccccc3)c(N3CCOCC3)s2)cc1F. The third kappa shape index (κ3) is 5.58. The first kappa shape index (κ1) is 22.9. The summed E-state index contributed by atoms with van der Waals surface area (Å²) < 4.78 is 19.1. The first-order chi connectivity index (χ1) is 16.0. The van der Waals surface area contributed by atoms with Gasteiger partial charge in [0.05, 0.1) is 23.1 Å². The number of rotatable bonds is 7. The van der Waals surface area contributed by atoms with Crippen molar-refractivity contribution in [1.82, 2.24) is 10.6 Å². The number of ether oxygens (including phenoxy) is 1. The van der Waals surface area contributed by atoms with Crippen LogP contribution in [0.25, 0.3) is 11.1 Å². The van der Waals surface area contributed by atoms with E-state index in [1.165, 1.54) is 17.4 Å². The number of carbonyl (C=O) groups excluding carboxylic acids is 2. The summed E-state index contributed by atoms with van der Waals surface area (Å²) in [6.45, 7) is 5.05. The number of anilines is 1. The van der Waals surface area contributed by atoms with Crippen LogP contribution in [0.3, 0.4) is 0 Å². The fourth-order valence-electron chi connectivity index (χ4n) is 3.59. The summed E-state index contributed by atoms with van der Waals surface area (Å²) in [7, 11) is 0. The average molecular weight is 468 g/mol. The quantitative estimate of drug-likeness (QED) is 0.518. The summed E-state index contributed by atoms with van der Waals surface area (Å²) in [5.41, 5.74) is 2.83. The number of aryl methyl sites for hydroxylation is 1. The van der Waals surface area contributed by atoms with Gasteiger partial charge in [0.15, 0.2) is 0 Å². The van der Waals surface area contributed by atoms with Crippen molar-refractivity contribution in [2.24, 2.45) is 0 Å². The Balaban J connectivity index is 1.39. The number of benzene rings is 2. The Morgan fingerprint density at radius 2 is 1.70 bits per heavy atom. The highest BCUT2D eigenvalue weighted by Gasteiger charge is 2.21. The number of nitrogens with zero attached hydrogens (tertiary/aromatic N) is 1. The topological polar surface area (TPSA) is 70.7 Å². The van der Waals surface area contributed by atoms with Gasteiger partial charge < -0.3 is 20.3 Å². The van der Waals surface area contributed by atoms with Crippen molar-refractivity contribution in [2.45, 2.75) is 6.92 Å². The lowest BCUT2D eigenvalue weighted by Crippen LogP contribution is -2.36. The molecule has 0 aliphatic carbocycles. The van der Waals surface area contributed by atoms with E-state index < -0.39 is 5.82 Å². The molecule has 2 heterocycles. The molecule has 172 valence electrons. The molecule has 1 fully saturated rings. The maximum absolute atomic E-state index is 13.7. The summed E-state index contributed by atoms with van der Waals surface area (Å²) in [6.07, 6.45) is 0. The lowest BCUT2D eigenvalue weighted by Gasteiger charge is -2.28. The first-order valence-corrected chi connectivity index (χ1v) is 11.7. The predicted molar refractivity (Wildman–Crippen MR) is 129 cm³/mol.